The van der Waals surface area contributed by atoms with Crippen LogP contribution in [0, 0.1) is 5.41 Å². The van der Waals surface area contributed by atoms with Crippen LogP contribution in [0.5, 0.6) is 0 Å². The number of aryl methyl sites for hydroxylation is 1. The predicted octanol–water partition coefficient (Wildman–Crippen LogP) is 6.40. The number of aliphatic imine (C=N–C) groups is 1. The van der Waals surface area contributed by atoms with Gasteiger partial charge in [-0.3, -0.25) is 14.6 Å². The summed E-state index contributed by atoms with van der Waals surface area (Å²) in [6.45, 7) is 4.61. The van der Waals surface area contributed by atoms with Crippen molar-refractivity contribution in [1.29, 1.82) is 0 Å². The van der Waals surface area contributed by atoms with Crippen molar-refractivity contribution in [3.8, 4) is 0 Å². The third-order valence-electron chi connectivity index (χ3n) is 7.53. The molecule has 1 heterocycles. The highest BCUT2D eigenvalue weighted by molar-refractivity contribution is 6.23. The summed E-state index contributed by atoms with van der Waals surface area (Å²) in [5, 5.41) is 15.3. The van der Waals surface area contributed by atoms with Gasteiger partial charge < -0.3 is 9.63 Å². The van der Waals surface area contributed by atoms with E-state index in [1.54, 1.807) is 0 Å². The van der Waals surface area contributed by atoms with Crippen LogP contribution in [-0.4, -0.2) is 34.1 Å². The molecule has 5 rings (SSSR count). The highest BCUT2D eigenvalue weighted by atomic mass is 16.5. The molecule has 196 valence electrons. The van der Waals surface area contributed by atoms with Gasteiger partial charge in [-0.15, -0.1) is 0 Å². The molecule has 0 radical (unpaired) electrons. The van der Waals surface area contributed by atoms with Crippen LogP contribution in [-0.2, 0) is 24.1 Å². The number of rotatable bonds is 8. The summed E-state index contributed by atoms with van der Waals surface area (Å²) < 4.78 is 5.58. The van der Waals surface area contributed by atoms with E-state index in [-0.39, 0.29) is 28.7 Å². The zero-order valence-corrected chi connectivity index (χ0v) is 22.1. The highest BCUT2D eigenvalue weighted by Gasteiger charge is 2.37. The molecule has 0 bridgehead atoms. The maximum Gasteiger partial charge on any atom is 0.168 e. The number of hydrogen-bond donors (Lipinski definition) is 1. The lowest BCUT2D eigenvalue weighted by molar-refractivity contribution is -0.116. The average Bonchev–Trinajstić information content (AvgIpc) is 3.29. The van der Waals surface area contributed by atoms with E-state index in [0.29, 0.717) is 73.4 Å². The second-order valence-corrected chi connectivity index (χ2v) is 11.2. The van der Waals surface area contributed by atoms with Gasteiger partial charge in [0.05, 0.1) is 16.8 Å². The third-order valence-corrected chi connectivity index (χ3v) is 7.53. The molecular weight excluding hydrogens is 476 g/mol. The van der Waals surface area contributed by atoms with Gasteiger partial charge in [-0.25, -0.2) is 0 Å². The number of hydrogen-bond acceptors (Lipinski definition) is 6. The number of benzene rings is 2. The summed E-state index contributed by atoms with van der Waals surface area (Å²) in [6.07, 6.45) is 3.39. The van der Waals surface area contributed by atoms with Gasteiger partial charge in [-0.1, -0.05) is 79.7 Å². The van der Waals surface area contributed by atoms with Crippen molar-refractivity contribution in [3.05, 3.63) is 100 Å². The number of ketones is 2. The van der Waals surface area contributed by atoms with Crippen molar-refractivity contribution in [2.24, 2.45) is 10.4 Å². The van der Waals surface area contributed by atoms with E-state index >= 15 is 0 Å². The lowest BCUT2D eigenvalue weighted by Crippen LogP contribution is -2.27. The number of carbonyl (C=O) groups excluding carboxylic acids is 2. The summed E-state index contributed by atoms with van der Waals surface area (Å²) in [5.74, 6) is 0.637. The standard InChI is InChI=1S/C32H34N2O4/c1-32(2)19-28(37)31-25(34-38-29(31)20-32)14-13-24(33-16-15-21-9-5-3-6-10-21)30-26(35)17-23(18-27(30)36)22-11-7-4-8-12-22/h3-12,23,35H,13-20H2,1-2H3. The van der Waals surface area contributed by atoms with Crippen LogP contribution < -0.4 is 0 Å². The van der Waals surface area contributed by atoms with Crippen molar-refractivity contribution in [3.63, 3.8) is 0 Å². The Kier molecular flexibility index (Phi) is 7.41. The fraction of sp³-hybridized carbons (Fsp3) is 0.375. The SMILES string of the molecule is CC1(C)CC(=O)c2c(CCC(=NCCc3ccccc3)C3=C(O)CC(c4ccccc4)CC3=O)noc2C1. The number of fused-ring (bicyclic) bond motifs is 1. The first-order valence-electron chi connectivity index (χ1n) is 13.4. The quantitative estimate of drug-likeness (QED) is 0.354. The van der Waals surface area contributed by atoms with Crippen molar-refractivity contribution < 1.29 is 19.2 Å². The van der Waals surface area contributed by atoms with E-state index in [2.05, 4.69) is 31.1 Å². The molecule has 38 heavy (non-hydrogen) atoms. The Hall–Kier alpha value is -3.80. The minimum atomic E-state index is -0.147. The van der Waals surface area contributed by atoms with E-state index in [9.17, 15) is 14.7 Å². The van der Waals surface area contributed by atoms with Crippen molar-refractivity contribution >= 4 is 17.3 Å². The van der Waals surface area contributed by atoms with Gasteiger partial charge in [0.1, 0.15) is 11.5 Å². The molecule has 1 unspecified atom stereocenters. The maximum absolute atomic E-state index is 13.4. The van der Waals surface area contributed by atoms with Gasteiger partial charge in [-0.2, -0.15) is 0 Å². The zero-order chi connectivity index (χ0) is 26.7. The molecule has 0 amide bonds. The van der Waals surface area contributed by atoms with Crippen molar-refractivity contribution in [2.45, 2.75) is 64.7 Å². The number of aromatic nitrogens is 1. The highest BCUT2D eigenvalue weighted by Crippen LogP contribution is 2.37. The van der Waals surface area contributed by atoms with Crippen LogP contribution in [0.15, 0.2) is 81.5 Å². The second-order valence-electron chi connectivity index (χ2n) is 11.2. The molecule has 1 atom stereocenters. The minimum absolute atomic E-state index is 0.0524. The molecule has 6 heteroatoms. The lowest BCUT2D eigenvalue weighted by Gasteiger charge is -2.26. The molecule has 2 aliphatic carbocycles. The van der Waals surface area contributed by atoms with Gasteiger partial charge in [0.25, 0.3) is 0 Å². The first-order valence-corrected chi connectivity index (χ1v) is 13.4. The van der Waals surface area contributed by atoms with Crippen LogP contribution >= 0.6 is 0 Å². The van der Waals surface area contributed by atoms with Crippen LogP contribution in [0.4, 0.5) is 0 Å². The molecule has 2 aliphatic rings. The Morgan fingerprint density at radius 3 is 2.39 bits per heavy atom. The Balaban J connectivity index is 1.40. The first kappa shape index (κ1) is 25.8. The van der Waals surface area contributed by atoms with Crippen LogP contribution in [0.2, 0.25) is 0 Å². The molecule has 0 saturated carbocycles. The van der Waals surface area contributed by atoms with Gasteiger partial charge >= 0.3 is 0 Å². The number of allylic oxidation sites excluding steroid dienone is 2. The zero-order valence-electron chi connectivity index (χ0n) is 22.1. The van der Waals surface area contributed by atoms with E-state index in [0.717, 1.165) is 17.5 Å². The van der Waals surface area contributed by atoms with Gasteiger partial charge in [0.2, 0.25) is 0 Å². The van der Waals surface area contributed by atoms with Crippen molar-refractivity contribution in [2.75, 3.05) is 6.54 Å². The summed E-state index contributed by atoms with van der Waals surface area (Å²) in [7, 11) is 0. The lowest BCUT2D eigenvalue weighted by atomic mass is 9.75. The number of Topliss-reactive ketones (excluding diaryl/α,β-unsaturated/α-hetero) is 2. The molecule has 1 N–H and O–H groups in total. The van der Waals surface area contributed by atoms with E-state index < -0.39 is 0 Å². The third kappa shape index (κ3) is 5.69. The van der Waals surface area contributed by atoms with Gasteiger partial charge in [-0.05, 0) is 41.7 Å². The minimum Gasteiger partial charge on any atom is -0.511 e. The second kappa shape index (κ2) is 10.9. The summed E-state index contributed by atoms with van der Waals surface area (Å²) >= 11 is 0. The molecule has 0 saturated heterocycles. The Morgan fingerprint density at radius 2 is 1.68 bits per heavy atom. The molecule has 0 spiro atoms. The monoisotopic (exact) mass is 510 g/mol. The average molecular weight is 511 g/mol. The predicted molar refractivity (Wildman–Crippen MR) is 147 cm³/mol. The topological polar surface area (TPSA) is 92.8 Å². The summed E-state index contributed by atoms with van der Waals surface area (Å²) in [5.41, 5.74) is 4.17. The van der Waals surface area contributed by atoms with Crippen LogP contribution in [0.1, 0.15) is 78.4 Å². The Morgan fingerprint density at radius 1 is 0.974 bits per heavy atom. The number of nitrogens with zero attached hydrogens (tertiary/aromatic N) is 2. The molecule has 0 fully saturated rings. The fourth-order valence-electron chi connectivity index (χ4n) is 5.66. The molecule has 6 nitrogen and oxygen atoms in total. The van der Waals surface area contributed by atoms with E-state index in [1.165, 1.54) is 0 Å². The van der Waals surface area contributed by atoms with Gasteiger partial charge in [0, 0.05) is 37.9 Å². The normalized spacial score (nSPS) is 19.5. The van der Waals surface area contributed by atoms with E-state index in [4.69, 9.17) is 9.52 Å². The summed E-state index contributed by atoms with van der Waals surface area (Å²) in [4.78, 5) is 31.1. The van der Waals surface area contributed by atoms with Gasteiger partial charge in [0.15, 0.2) is 11.6 Å². The molecule has 1 aromatic heterocycles. The van der Waals surface area contributed by atoms with E-state index in [1.807, 2.05) is 48.5 Å². The number of carbonyl (C=O) groups is 2. The first-order chi connectivity index (χ1) is 18.3. The maximum atomic E-state index is 13.4. The molecule has 3 aromatic rings. The van der Waals surface area contributed by atoms with Crippen molar-refractivity contribution in [1.82, 2.24) is 5.16 Å². The van der Waals surface area contributed by atoms with Crippen LogP contribution in [0.25, 0.3) is 0 Å². The summed E-state index contributed by atoms with van der Waals surface area (Å²) in [6, 6.07) is 19.9. The smallest absolute Gasteiger partial charge is 0.168 e. The molecule has 0 aliphatic heterocycles. The Labute approximate surface area is 223 Å². The largest absolute Gasteiger partial charge is 0.511 e. The number of aliphatic hydroxyl groups is 1. The number of aliphatic hydroxyl groups excluding tert-OH is 1. The molecular formula is C32H34N2O4. The molecule has 2 aromatic carbocycles. The van der Waals surface area contributed by atoms with Crippen LogP contribution in [0.3, 0.4) is 0 Å². The fourth-order valence-corrected chi connectivity index (χ4v) is 5.66. The Bertz CT molecular complexity index is 1380.